The summed E-state index contributed by atoms with van der Waals surface area (Å²) in [5.74, 6) is 2.54. The SMILES string of the molecule is Cc1ccc(Br)cc1N[C@H]1CCSC1. The molecule has 1 saturated heterocycles. The monoisotopic (exact) mass is 271 g/mol. The third-order valence-electron chi connectivity index (χ3n) is 2.49. The van der Waals surface area contributed by atoms with E-state index in [1.165, 1.54) is 29.2 Å². The van der Waals surface area contributed by atoms with Crippen LogP contribution in [0.25, 0.3) is 0 Å². The molecule has 1 aliphatic rings. The van der Waals surface area contributed by atoms with Gasteiger partial charge in [-0.1, -0.05) is 22.0 Å². The molecule has 1 aromatic carbocycles. The van der Waals surface area contributed by atoms with Gasteiger partial charge in [0.1, 0.15) is 0 Å². The third kappa shape index (κ3) is 2.45. The molecule has 76 valence electrons. The minimum atomic E-state index is 0.660. The van der Waals surface area contributed by atoms with Crippen LogP contribution in [-0.2, 0) is 0 Å². The van der Waals surface area contributed by atoms with Gasteiger partial charge in [0.25, 0.3) is 0 Å². The smallest absolute Gasteiger partial charge is 0.0383 e. The van der Waals surface area contributed by atoms with Gasteiger partial charge in [-0.05, 0) is 36.8 Å². The lowest BCUT2D eigenvalue weighted by molar-refractivity contribution is 0.811. The Kier molecular flexibility index (Phi) is 3.39. The predicted octanol–water partition coefficient (Wildman–Crippen LogP) is 3.67. The van der Waals surface area contributed by atoms with Gasteiger partial charge in [0.05, 0.1) is 0 Å². The van der Waals surface area contributed by atoms with Gasteiger partial charge in [-0.2, -0.15) is 11.8 Å². The van der Waals surface area contributed by atoms with Crippen LogP contribution in [0.2, 0.25) is 0 Å². The Morgan fingerprint density at radius 1 is 1.50 bits per heavy atom. The lowest BCUT2D eigenvalue weighted by atomic mass is 10.1. The van der Waals surface area contributed by atoms with Crippen LogP contribution in [0.1, 0.15) is 12.0 Å². The highest BCUT2D eigenvalue weighted by Gasteiger charge is 2.15. The molecule has 0 radical (unpaired) electrons. The number of halogens is 1. The molecule has 3 heteroatoms. The van der Waals surface area contributed by atoms with Crippen LogP contribution in [0.15, 0.2) is 22.7 Å². The first-order valence-corrected chi connectivity index (χ1v) is 6.81. The van der Waals surface area contributed by atoms with Crippen molar-refractivity contribution in [3.05, 3.63) is 28.2 Å². The van der Waals surface area contributed by atoms with E-state index in [4.69, 9.17) is 0 Å². The first-order valence-electron chi connectivity index (χ1n) is 4.86. The molecule has 0 unspecified atom stereocenters. The number of hydrogen-bond acceptors (Lipinski definition) is 2. The Morgan fingerprint density at radius 2 is 2.36 bits per heavy atom. The zero-order valence-corrected chi connectivity index (χ0v) is 10.6. The van der Waals surface area contributed by atoms with Crippen LogP contribution >= 0.6 is 27.7 Å². The highest BCUT2D eigenvalue weighted by Crippen LogP contribution is 2.25. The van der Waals surface area contributed by atoms with Gasteiger partial charge >= 0.3 is 0 Å². The van der Waals surface area contributed by atoms with E-state index in [2.05, 4.69) is 46.4 Å². The zero-order valence-electron chi connectivity index (χ0n) is 8.22. The van der Waals surface area contributed by atoms with Crippen LogP contribution in [-0.4, -0.2) is 17.5 Å². The van der Waals surface area contributed by atoms with Gasteiger partial charge in [-0.25, -0.2) is 0 Å². The van der Waals surface area contributed by atoms with Gasteiger partial charge in [-0.15, -0.1) is 0 Å². The number of aryl methyl sites for hydroxylation is 1. The summed E-state index contributed by atoms with van der Waals surface area (Å²) in [4.78, 5) is 0. The van der Waals surface area contributed by atoms with E-state index in [1.54, 1.807) is 0 Å². The number of thioether (sulfide) groups is 1. The summed E-state index contributed by atoms with van der Waals surface area (Å²) < 4.78 is 1.15. The summed E-state index contributed by atoms with van der Waals surface area (Å²) in [7, 11) is 0. The lowest BCUT2D eigenvalue weighted by Gasteiger charge is -2.15. The molecule has 1 N–H and O–H groups in total. The highest BCUT2D eigenvalue weighted by atomic mass is 79.9. The van der Waals surface area contributed by atoms with Crippen molar-refractivity contribution < 1.29 is 0 Å². The maximum atomic E-state index is 3.60. The Morgan fingerprint density at radius 3 is 3.07 bits per heavy atom. The Bertz CT molecular complexity index is 321. The average Bonchev–Trinajstić information content (AvgIpc) is 2.64. The maximum absolute atomic E-state index is 3.60. The average molecular weight is 272 g/mol. The lowest BCUT2D eigenvalue weighted by Crippen LogP contribution is -2.18. The van der Waals surface area contributed by atoms with Gasteiger partial charge in [-0.3, -0.25) is 0 Å². The molecule has 2 rings (SSSR count). The normalized spacial score (nSPS) is 21.1. The molecular formula is C11H14BrNS. The van der Waals surface area contributed by atoms with E-state index < -0.39 is 0 Å². The predicted molar refractivity (Wildman–Crippen MR) is 68.2 cm³/mol. The number of nitrogens with one attached hydrogen (secondary N) is 1. The van der Waals surface area contributed by atoms with Crippen molar-refractivity contribution in [3.8, 4) is 0 Å². The second-order valence-corrected chi connectivity index (χ2v) is 5.73. The molecule has 0 spiro atoms. The molecule has 1 atom stereocenters. The van der Waals surface area contributed by atoms with Crippen molar-refractivity contribution >= 4 is 33.4 Å². The topological polar surface area (TPSA) is 12.0 Å². The van der Waals surface area contributed by atoms with E-state index in [-0.39, 0.29) is 0 Å². The van der Waals surface area contributed by atoms with Crippen molar-refractivity contribution in [3.63, 3.8) is 0 Å². The zero-order chi connectivity index (χ0) is 9.97. The fraction of sp³-hybridized carbons (Fsp3) is 0.455. The molecule has 0 aliphatic carbocycles. The quantitative estimate of drug-likeness (QED) is 0.881. The van der Waals surface area contributed by atoms with Crippen LogP contribution in [0, 0.1) is 6.92 Å². The summed E-state index contributed by atoms with van der Waals surface area (Å²) in [6.07, 6.45) is 1.29. The van der Waals surface area contributed by atoms with E-state index >= 15 is 0 Å². The Labute approximate surface area is 97.8 Å². The van der Waals surface area contributed by atoms with Crippen molar-refractivity contribution in [2.45, 2.75) is 19.4 Å². The number of hydrogen-bond donors (Lipinski definition) is 1. The Hall–Kier alpha value is -0.150. The summed E-state index contributed by atoms with van der Waals surface area (Å²) in [6.45, 7) is 2.15. The van der Waals surface area contributed by atoms with Crippen molar-refractivity contribution in [1.29, 1.82) is 0 Å². The minimum Gasteiger partial charge on any atom is -0.381 e. The van der Waals surface area contributed by atoms with Crippen LogP contribution < -0.4 is 5.32 Å². The van der Waals surface area contributed by atoms with E-state index in [0.29, 0.717) is 6.04 Å². The molecule has 0 aromatic heterocycles. The summed E-state index contributed by atoms with van der Waals surface area (Å²) in [6, 6.07) is 7.06. The summed E-state index contributed by atoms with van der Waals surface area (Å²) >= 11 is 5.54. The third-order valence-corrected chi connectivity index (χ3v) is 4.14. The molecule has 14 heavy (non-hydrogen) atoms. The number of benzene rings is 1. The van der Waals surface area contributed by atoms with Crippen molar-refractivity contribution in [1.82, 2.24) is 0 Å². The van der Waals surface area contributed by atoms with Gasteiger partial charge in [0, 0.05) is 22.0 Å². The molecule has 1 aromatic rings. The van der Waals surface area contributed by atoms with E-state index in [1.807, 2.05) is 11.8 Å². The molecule has 1 aliphatic heterocycles. The van der Waals surface area contributed by atoms with Crippen molar-refractivity contribution in [2.24, 2.45) is 0 Å². The highest BCUT2D eigenvalue weighted by molar-refractivity contribution is 9.10. The second kappa shape index (κ2) is 4.58. The van der Waals surface area contributed by atoms with E-state index in [0.717, 1.165) is 4.47 Å². The number of anilines is 1. The molecule has 1 nitrogen and oxygen atoms in total. The van der Waals surface area contributed by atoms with Gasteiger partial charge < -0.3 is 5.32 Å². The minimum absolute atomic E-state index is 0.660. The van der Waals surface area contributed by atoms with E-state index in [9.17, 15) is 0 Å². The summed E-state index contributed by atoms with van der Waals surface area (Å²) in [5, 5.41) is 3.60. The molecule has 0 bridgehead atoms. The maximum Gasteiger partial charge on any atom is 0.0383 e. The first-order chi connectivity index (χ1) is 6.75. The largest absolute Gasteiger partial charge is 0.381 e. The van der Waals surface area contributed by atoms with Crippen molar-refractivity contribution in [2.75, 3.05) is 16.8 Å². The van der Waals surface area contributed by atoms with Crippen LogP contribution in [0.4, 0.5) is 5.69 Å². The second-order valence-electron chi connectivity index (χ2n) is 3.66. The molecule has 0 saturated carbocycles. The fourth-order valence-electron chi connectivity index (χ4n) is 1.62. The van der Waals surface area contributed by atoms with Gasteiger partial charge in [0.2, 0.25) is 0 Å². The molecule has 1 heterocycles. The molecule has 0 amide bonds. The molecular weight excluding hydrogens is 258 g/mol. The first kappa shape index (κ1) is 10.4. The fourth-order valence-corrected chi connectivity index (χ4v) is 3.13. The molecule has 1 fully saturated rings. The van der Waals surface area contributed by atoms with Crippen LogP contribution in [0.3, 0.4) is 0 Å². The number of rotatable bonds is 2. The standard InChI is InChI=1S/C11H14BrNS/c1-8-2-3-9(12)6-11(8)13-10-4-5-14-7-10/h2-3,6,10,13H,4-5,7H2,1H3/t10-/m0/s1. The Balaban J connectivity index is 2.10. The van der Waals surface area contributed by atoms with Gasteiger partial charge in [0.15, 0.2) is 0 Å². The summed E-state index contributed by atoms with van der Waals surface area (Å²) in [5.41, 5.74) is 2.59. The van der Waals surface area contributed by atoms with Crippen LogP contribution in [0.5, 0.6) is 0 Å².